The predicted molar refractivity (Wildman–Crippen MR) is 95.9 cm³/mol. The Morgan fingerprint density at radius 2 is 2.04 bits per heavy atom. The third kappa shape index (κ3) is 4.70. The lowest BCUT2D eigenvalue weighted by Crippen LogP contribution is -2.36. The van der Waals surface area contributed by atoms with Crippen molar-refractivity contribution in [2.45, 2.75) is 38.7 Å². The maximum absolute atomic E-state index is 12.2. The van der Waals surface area contributed by atoms with Crippen LogP contribution in [0.3, 0.4) is 0 Å². The molecule has 1 atom stereocenters. The van der Waals surface area contributed by atoms with Gasteiger partial charge in [-0.1, -0.05) is 6.42 Å². The summed E-state index contributed by atoms with van der Waals surface area (Å²) in [6, 6.07) is 5.66. The first-order valence-electron chi connectivity index (χ1n) is 8.99. The molecule has 0 spiro atoms. The minimum absolute atomic E-state index is 0.0413. The summed E-state index contributed by atoms with van der Waals surface area (Å²) in [5, 5.41) is 18.5. The summed E-state index contributed by atoms with van der Waals surface area (Å²) in [5.74, 6) is -0.322. The highest BCUT2D eigenvalue weighted by Gasteiger charge is 2.23. The van der Waals surface area contributed by atoms with Gasteiger partial charge in [0.25, 0.3) is 11.6 Å². The highest BCUT2D eigenvalue weighted by atomic mass is 16.6. The second kappa shape index (κ2) is 8.59. The van der Waals surface area contributed by atoms with Crippen molar-refractivity contribution in [2.75, 3.05) is 13.1 Å². The molecule has 1 amide bonds. The quantitative estimate of drug-likeness (QED) is 0.419. The molecule has 0 unspecified atom stereocenters. The van der Waals surface area contributed by atoms with Crippen LogP contribution in [0.4, 0.5) is 5.69 Å². The van der Waals surface area contributed by atoms with Crippen LogP contribution in [0.2, 0.25) is 0 Å². The molecule has 1 aliphatic heterocycles. The highest BCUT2D eigenvalue weighted by Crippen LogP contribution is 2.24. The number of aromatic nitrogens is 2. The number of hydrogen-bond donors (Lipinski definition) is 0. The molecule has 10 heteroatoms. The first-order valence-corrected chi connectivity index (χ1v) is 8.99. The van der Waals surface area contributed by atoms with E-state index >= 15 is 0 Å². The Bertz CT molecular complexity index is 863. The summed E-state index contributed by atoms with van der Waals surface area (Å²) < 4.78 is 10.8. The summed E-state index contributed by atoms with van der Waals surface area (Å²) in [6.45, 7) is 2.04. The summed E-state index contributed by atoms with van der Waals surface area (Å²) in [6.07, 6.45) is 2.35. The smallest absolute Gasteiger partial charge is 0.326 e. The van der Waals surface area contributed by atoms with Crippen LogP contribution >= 0.6 is 0 Å². The van der Waals surface area contributed by atoms with E-state index in [0.717, 1.165) is 19.3 Å². The van der Waals surface area contributed by atoms with Crippen LogP contribution < -0.4 is 0 Å². The number of benzene rings is 1. The maximum Gasteiger partial charge on any atom is 0.326 e. The van der Waals surface area contributed by atoms with Crippen molar-refractivity contribution in [3.63, 3.8) is 0 Å². The number of carbonyl (C=O) groups excluding carboxylic acids is 2. The second-order valence-electron chi connectivity index (χ2n) is 6.51. The summed E-state index contributed by atoms with van der Waals surface area (Å²) in [7, 11) is 0. The Balaban J connectivity index is 1.60. The van der Waals surface area contributed by atoms with E-state index in [1.165, 1.54) is 29.2 Å². The van der Waals surface area contributed by atoms with Crippen LogP contribution in [-0.4, -0.2) is 45.0 Å². The topological polar surface area (TPSA) is 129 Å². The molecule has 10 nitrogen and oxygen atoms in total. The maximum atomic E-state index is 12.2. The van der Waals surface area contributed by atoms with Crippen LogP contribution in [0, 0.1) is 10.1 Å². The number of likely N-dealkylation sites (tertiary alicyclic amines) is 1. The van der Waals surface area contributed by atoms with Crippen molar-refractivity contribution < 1.29 is 23.7 Å². The number of rotatable bonds is 6. The average Bonchev–Trinajstić information content (AvgIpc) is 3.08. The summed E-state index contributed by atoms with van der Waals surface area (Å²) >= 11 is 0. The van der Waals surface area contributed by atoms with E-state index < -0.39 is 17.0 Å². The van der Waals surface area contributed by atoms with E-state index in [1.807, 2.05) is 0 Å². The number of nitrogens with zero attached hydrogens (tertiary/aromatic N) is 4. The van der Waals surface area contributed by atoms with Gasteiger partial charge in [-0.3, -0.25) is 19.7 Å². The van der Waals surface area contributed by atoms with Crippen molar-refractivity contribution in [1.82, 2.24) is 15.1 Å². The fourth-order valence-corrected chi connectivity index (χ4v) is 2.89. The molecule has 148 valence electrons. The molecular formula is C18H20N4O6. The monoisotopic (exact) mass is 388 g/mol. The van der Waals surface area contributed by atoms with Gasteiger partial charge in [-0.05, 0) is 31.9 Å². The van der Waals surface area contributed by atoms with Gasteiger partial charge in [-0.25, -0.2) is 0 Å². The van der Waals surface area contributed by atoms with Crippen molar-refractivity contribution in [3.05, 3.63) is 40.3 Å². The molecule has 0 aliphatic carbocycles. The van der Waals surface area contributed by atoms with Gasteiger partial charge in [0.05, 0.1) is 4.92 Å². The highest BCUT2D eigenvalue weighted by molar-refractivity contribution is 5.82. The molecule has 1 aromatic heterocycles. The largest absolute Gasteiger partial charge is 0.451 e. The Morgan fingerprint density at radius 3 is 2.75 bits per heavy atom. The zero-order valence-electron chi connectivity index (χ0n) is 15.4. The van der Waals surface area contributed by atoms with Crippen molar-refractivity contribution in [3.8, 4) is 11.5 Å². The molecular weight excluding hydrogens is 368 g/mol. The van der Waals surface area contributed by atoms with Crippen LogP contribution in [0.15, 0.2) is 28.7 Å². The van der Waals surface area contributed by atoms with Gasteiger partial charge in [0, 0.05) is 30.7 Å². The van der Waals surface area contributed by atoms with E-state index in [-0.39, 0.29) is 29.9 Å². The lowest BCUT2D eigenvalue weighted by Gasteiger charge is -2.20. The Kier molecular flexibility index (Phi) is 5.97. The van der Waals surface area contributed by atoms with Crippen molar-refractivity contribution in [2.24, 2.45) is 0 Å². The molecule has 2 aromatic rings. The van der Waals surface area contributed by atoms with Gasteiger partial charge in [0.1, 0.15) is 6.54 Å². The van der Waals surface area contributed by atoms with Crippen LogP contribution in [0.1, 0.15) is 44.6 Å². The number of nitro benzene ring substituents is 1. The number of amides is 1. The Morgan fingerprint density at radius 1 is 1.29 bits per heavy atom. The standard InChI is InChI=1S/C18H20N4O6/c1-12(27-16(24)11-21-10-4-2-3-5-15(21)23)17-19-20-18(28-17)13-6-8-14(9-7-13)22(25)26/h6-9,12H,2-5,10-11H2,1H3/t12-/m1/s1. The SMILES string of the molecule is C[C@@H](OC(=O)CN1CCCCCC1=O)c1nnc(-c2ccc([N+](=O)[O-])cc2)o1. The van der Waals surface area contributed by atoms with Crippen LogP contribution in [0.25, 0.3) is 11.5 Å². The molecule has 0 N–H and O–H groups in total. The van der Waals surface area contributed by atoms with Crippen LogP contribution in [-0.2, 0) is 14.3 Å². The normalized spacial score (nSPS) is 15.8. The zero-order valence-corrected chi connectivity index (χ0v) is 15.4. The fraction of sp³-hybridized carbons (Fsp3) is 0.444. The minimum atomic E-state index is -0.783. The molecule has 1 aromatic carbocycles. The van der Waals surface area contributed by atoms with E-state index in [9.17, 15) is 19.7 Å². The predicted octanol–water partition coefficient (Wildman–Crippen LogP) is 2.65. The van der Waals surface area contributed by atoms with Crippen molar-refractivity contribution in [1.29, 1.82) is 0 Å². The average molecular weight is 388 g/mol. The van der Waals surface area contributed by atoms with E-state index in [0.29, 0.717) is 18.5 Å². The van der Waals surface area contributed by atoms with E-state index in [4.69, 9.17) is 9.15 Å². The van der Waals surface area contributed by atoms with Gasteiger partial charge in [0.15, 0.2) is 6.10 Å². The van der Waals surface area contributed by atoms with Gasteiger partial charge in [-0.15, -0.1) is 10.2 Å². The molecule has 0 saturated carbocycles. The second-order valence-corrected chi connectivity index (χ2v) is 6.51. The third-order valence-corrected chi connectivity index (χ3v) is 4.41. The van der Waals surface area contributed by atoms with Gasteiger partial charge in [-0.2, -0.15) is 0 Å². The van der Waals surface area contributed by atoms with Gasteiger partial charge < -0.3 is 14.1 Å². The summed E-state index contributed by atoms with van der Waals surface area (Å²) in [4.78, 5) is 35.8. The molecule has 1 aliphatic rings. The zero-order chi connectivity index (χ0) is 20.1. The molecule has 0 radical (unpaired) electrons. The summed E-state index contributed by atoms with van der Waals surface area (Å²) in [5.41, 5.74) is 0.465. The number of ether oxygens (including phenoxy) is 1. The Hall–Kier alpha value is -3.30. The fourth-order valence-electron chi connectivity index (χ4n) is 2.89. The number of esters is 1. The number of carbonyl (C=O) groups is 2. The lowest BCUT2D eigenvalue weighted by atomic mass is 10.2. The van der Waals surface area contributed by atoms with Gasteiger partial charge >= 0.3 is 5.97 Å². The number of hydrogen-bond acceptors (Lipinski definition) is 8. The molecule has 28 heavy (non-hydrogen) atoms. The molecule has 1 saturated heterocycles. The minimum Gasteiger partial charge on any atom is -0.451 e. The van der Waals surface area contributed by atoms with Crippen molar-refractivity contribution >= 4 is 17.6 Å². The molecule has 1 fully saturated rings. The molecule has 0 bridgehead atoms. The number of nitro groups is 1. The molecule has 2 heterocycles. The van der Waals surface area contributed by atoms with Crippen LogP contribution in [0.5, 0.6) is 0 Å². The van der Waals surface area contributed by atoms with E-state index in [2.05, 4.69) is 10.2 Å². The first-order chi connectivity index (χ1) is 13.4. The first kappa shape index (κ1) is 19.5. The number of non-ortho nitro benzene ring substituents is 1. The van der Waals surface area contributed by atoms with E-state index in [1.54, 1.807) is 6.92 Å². The third-order valence-electron chi connectivity index (χ3n) is 4.41. The van der Waals surface area contributed by atoms with Gasteiger partial charge in [0.2, 0.25) is 11.8 Å². The lowest BCUT2D eigenvalue weighted by molar-refractivity contribution is -0.384. The molecule has 3 rings (SSSR count). The Labute approximate surface area is 160 Å².